The molecule has 1 heterocycles. The molecule has 1 saturated heterocycles. The van der Waals surface area contributed by atoms with Crippen molar-refractivity contribution in [1.29, 1.82) is 0 Å². The average Bonchev–Trinajstić information content (AvgIpc) is 2.96. The Hall–Kier alpha value is -0.710. The van der Waals surface area contributed by atoms with Gasteiger partial charge in [-0.3, -0.25) is 4.79 Å². The molecule has 1 amide bonds. The maximum absolute atomic E-state index is 12.4. The molecule has 0 unspecified atom stereocenters. The summed E-state index contributed by atoms with van der Waals surface area (Å²) in [4.78, 5) is 14.4. The van der Waals surface area contributed by atoms with Crippen LogP contribution in [-0.4, -0.2) is 41.9 Å². The maximum atomic E-state index is 12.4. The Kier molecular flexibility index (Phi) is 9.03. The average molecular weight is 357 g/mol. The predicted molar refractivity (Wildman–Crippen MR) is 102 cm³/mol. The van der Waals surface area contributed by atoms with E-state index in [1.807, 2.05) is 11.0 Å². The summed E-state index contributed by atoms with van der Waals surface area (Å²) in [5.41, 5.74) is 7.24. The van der Waals surface area contributed by atoms with Crippen molar-refractivity contribution in [3.8, 4) is 0 Å². The second-order valence-electron chi connectivity index (χ2n) is 6.55. The summed E-state index contributed by atoms with van der Waals surface area (Å²) in [6.45, 7) is 6.71. The second kappa shape index (κ2) is 10.2. The van der Waals surface area contributed by atoms with E-state index in [0.29, 0.717) is 30.1 Å². The number of carbonyl (C=O) groups excluding carboxylic acids is 1. The van der Waals surface area contributed by atoms with E-state index < -0.39 is 0 Å². The molecule has 0 radical (unpaired) electrons. The third-order valence-corrected chi connectivity index (χ3v) is 5.36. The number of nitrogens with zero attached hydrogens (tertiary/aromatic N) is 1. The molecule has 1 aliphatic heterocycles. The van der Waals surface area contributed by atoms with E-state index in [1.165, 1.54) is 12.0 Å². The highest BCUT2D eigenvalue weighted by atomic mass is 35.5. The molecular formula is C18H29ClN2OS. The van der Waals surface area contributed by atoms with Crippen molar-refractivity contribution < 1.29 is 4.79 Å². The summed E-state index contributed by atoms with van der Waals surface area (Å²) < 4.78 is 0. The normalized spacial score (nSPS) is 20.6. The molecule has 1 aromatic rings. The molecule has 0 spiro atoms. The van der Waals surface area contributed by atoms with Crippen LogP contribution in [0.4, 0.5) is 0 Å². The van der Waals surface area contributed by atoms with Crippen molar-refractivity contribution in [1.82, 2.24) is 4.90 Å². The summed E-state index contributed by atoms with van der Waals surface area (Å²) in [6.07, 6.45) is 1.18. The number of benzene rings is 1. The molecule has 1 fully saturated rings. The van der Waals surface area contributed by atoms with Gasteiger partial charge in [-0.05, 0) is 36.1 Å². The van der Waals surface area contributed by atoms with Crippen LogP contribution in [0.5, 0.6) is 0 Å². The Morgan fingerprint density at radius 1 is 1.30 bits per heavy atom. The van der Waals surface area contributed by atoms with Gasteiger partial charge in [0.25, 0.3) is 0 Å². The van der Waals surface area contributed by atoms with E-state index in [0.717, 1.165) is 18.8 Å². The number of amides is 1. The molecule has 0 saturated carbocycles. The molecule has 2 atom stereocenters. The largest absolute Gasteiger partial charge is 0.341 e. The number of hydrogen-bond donors (Lipinski definition) is 1. The number of carbonyl (C=O) groups is 1. The minimum absolute atomic E-state index is 0. The first-order chi connectivity index (χ1) is 10.6. The Morgan fingerprint density at radius 2 is 2.00 bits per heavy atom. The molecular weight excluding hydrogens is 328 g/mol. The van der Waals surface area contributed by atoms with Gasteiger partial charge in [0.05, 0.1) is 5.75 Å². The Balaban J connectivity index is 0.00000264. The molecule has 5 heteroatoms. The molecule has 0 aromatic heterocycles. The highest BCUT2D eigenvalue weighted by Gasteiger charge is 2.34. The van der Waals surface area contributed by atoms with Crippen LogP contribution in [0.25, 0.3) is 0 Å². The second-order valence-corrected chi connectivity index (χ2v) is 7.65. The lowest BCUT2D eigenvalue weighted by Crippen LogP contribution is -2.31. The van der Waals surface area contributed by atoms with Crippen LogP contribution in [0.1, 0.15) is 31.7 Å². The number of likely N-dealkylation sites (tertiary alicyclic amines) is 1. The van der Waals surface area contributed by atoms with Gasteiger partial charge in [-0.25, -0.2) is 0 Å². The molecule has 3 nitrogen and oxygen atoms in total. The Morgan fingerprint density at radius 3 is 2.61 bits per heavy atom. The summed E-state index contributed by atoms with van der Waals surface area (Å²) in [5, 5.41) is 0. The number of hydrogen-bond acceptors (Lipinski definition) is 3. The Labute approximate surface area is 150 Å². The molecule has 0 aliphatic carbocycles. The highest BCUT2D eigenvalue weighted by Crippen LogP contribution is 2.32. The minimum atomic E-state index is 0. The maximum Gasteiger partial charge on any atom is 0.232 e. The lowest BCUT2D eigenvalue weighted by atomic mass is 9.89. The van der Waals surface area contributed by atoms with Crippen LogP contribution < -0.4 is 5.73 Å². The van der Waals surface area contributed by atoms with Gasteiger partial charge in [0.15, 0.2) is 0 Å². The first-order valence-electron chi connectivity index (χ1n) is 8.22. The fraction of sp³-hybridized carbons (Fsp3) is 0.611. The van der Waals surface area contributed by atoms with E-state index in [9.17, 15) is 4.79 Å². The minimum Gasteiger partial charge on any atom is -0.341 e. The van der Waals surface area contributed by atoms with E-state index >= 15 is 0 Å². The Bertz CT molecular complexity index is 469. The monoisotopic (exact) mass is 356 g/mol. The van der Waals surface area contributed by atoms with E-state index in [4.69, 9.17) is 5.73 Å². The van der Waals surface area contributed by atoms with Crippen molar-refractivity contribution in [3.63, 3.8) is 0 Å². The van der Waals surface area contributed by atoms with Crippen LogP contribution >= 0.6 is 24.2 Å². The summed E-state index contributed by atoms with van der Waals surface area (Å²) in [5.74, 6) is 3.41. The third kappa shape index (κ3) is 6.02. The van der Waals surface area contributed by atoms with E-state index in [-0.39, 0.29) is 18.3 Å². The smallest absolute Gasteiger partial charge is 0.232 e. The van der Waals surface area contributed by atoms with Crippen LogP contribution in [0.15, 0.2) is 30.3 Å². The van der Waals surface area contributed by atoms with Crippen molar-refractivity contribution >= 4 is 30.1 Å². The zero-order valence-corrected chi connectivity index (χ0v) is 15.7. The summed E-state index contributed by atoms with van der Waals surface area (Å²) in [6, 6.07) is 10.5. The van der Waals surface area contributed by atoms with Crippen molar-refractivity contribution in [3.05, 3.63) is 35.9 Å². The van der Waals surface area contributed by atoms with Crippen LogP contribution in [0, 0.1) is 11.8 Å². The highest BCUT2D eigenvalue weighted by molar-refractivity contribution is 7.99. The number of nitrogens with two attached hydrogens (primary N) is 1. The molecule has 1 aliphatic rings. The zero-order chi connectivity index (χ0) is 15.9. The van der Waals surface area contributed by atoms with Crippen molar-refractivity contribution in [2.45, 2.75) is 26.2 Å². The fourth-order valence-electron chi connectivity index (χ4n) is 2.96. The molecule has 0 bridgehead atoms. The molecule has 1 aromatic carbocycles. The van der Waals surface area contributed by atoms with Crippen LogP contribution in [0.3, 0.4) is 0 Å². The fourth-order valence-corrected chi connectivity index (χ4v) is 4.10. The number of halogens is 1. The van der Waals surface area contributed by atoms with E-state index in [1.54, 1.807) is 11.8 Å². The molecule has 130 valence electrons. The topological polar surface area (TPSA) is 46.3 Å². The van der Waals surface area contributed by atoms with Gasteiger partial charge in [-0.1, -0.05) is 44.2 Å². The lowest BCUT2D eigenvalue weighted by molar-refractivity contribution is -0.127. The quantitative estimate of drug-likeness (QED) is 0.762. The van der Waals surface area contributed by atoms with Crippen LogP contribution in [0.2, 0.25) is 0 Å². The van der Waals surface area contributed by atoms with Gasteiger partial charge >= 0.3 is 0 Å². The summed E-state index contributed by atoms with van der Waals surface area (Å²) in [7, 11) is 0. The first-order valence-corrected chi connectivity index (χ1v) is 9.37. The van der Waals surface area contributed by atoms with Gasteiger partial charge in [-0.2, -0.15) is 11.8 Å². The summed E-state index contributed by atoms with van der Waals surface area (Å²) >= 11 is 1.76. The molecule has 2 N–H and O–H groups in total. The van der Waals surface area contributed by atoms with Gasteiger partial charge < -0.3 is 10.6 Å². The SMILES string of the molecule is CC(C)CCSCC(=O)N1C[C@@H](CN)[C@H](c2ccccc2)C1.Cl. The lowest BCUT2D eigenvalue weighted by Gasteiger charge is -2.17. The van der Waals surface area contributed by atoms with Gasteiger partial charge in [0.2, 0.25) is 5.91 Å². The van der Waals surface area contributed by atoms with Gasteiger partial charge in [-0.15, -0.1) is 12.4 Å². The van der Waals surface area contributed by atoms with Crippen molar-refractivity contribution in [2.24, 2.45) is 17.6 Å². The molecule has 2 rings (SSSR count). The van der Waals surface area contributed by atoms with E-state index in [2.05, 4.69) is 38.1 Å². The van der Waals surface area contributed by atoms with Crippen LogP contribution in [-0.2, 0) is 4.79 Å². The van der Waals surface area contributed by atoms with Crippen molar-refractivity contribution in [2.75, 3.05) is 31.1 Å². The van der Waals surface area contributed by atoms with Gasteiger partial charge in [0, 0.05) is 19.0 Å². The molecule has 23 heavy (non-hydrogen) atoms. The zero-order valence-electron chi connectivity index (χ0n) is 14.1. The first kappa shape index (κ1) is 20.3. The standard InChI is InChI=1S/C18H28N2OS.ClH/c1-14(2)8-9-22-13-18(21)20-11-16(10-19)17(12-20)15-6-4-3-5-7-15;/h3-7,14,16-17H,8-13,19H2,1-2H3;1H/t16-,17+;/m1./s1. The predicted octanol–water partition coefficient (Wildman–Crippen LogP) is 3.39. The third-order valence-electron chi connectivity index (χ3n) is 4.39. The van der Waals surface area contributed by atoms with Gasteiger partial charge in [0.1, 0.15) is 0 Å². The number of rotatable bonds is 7. The number of thioether (sulfide) groups is 1.